The highest BCUT2D eigenvalue weighted by molar-refractivity contribution is 6.18. The second-order valence-corrected chi connectivity index (χ2v) is 8.68. The molecule has 7 nitrogen and oxygen atoms in total. The molecule has 0 radical (unpaired) electrons. The first-order chi connectivity index (χ1) is 16.1. The molecule has 0 aromatic heterocycles. The van der Waals surface area contributed by atoms with E-state index in [4.69, 9.17) is 35.3 Å². The summed E-state index contributed by atoms with van der Waals surface area (Å²) in [6.07, 6.45) is -0.956. The molecule has 34 heavy (non-hydrogen) atoms. The second-order valence-electron chi connectivity index (χ2n) is 8.37. The van der Waals surface area contributed by atoms with Gasteiger partial charge in [-0.25, -0.2) is 0 Å². The topological polar surface area (TPSA) is 80.3 Å². The van der Waals surface area contributed by atoms with Crippen molar-refractivity contribution in [2.24, 2.45) is 0 Å². The number of methoxy groups -OCH3 is 1. The molecule has 2 aromatic rings. The van der Waals surface area contributed by atoms with E-state index in [-0.39, 0.29) is 43.1 Å². The minimum Gasteiger partial charge on any atom is -0.490 e. The van der Waals surface area contributed by atoms with E-state index < -0.39 is 12.2 Å². The molecule has 0 aliphatic carbocycles. The Bertz CT molecular complexity index is 910. The Hall–Kier alpha value is -2.77. The van der Waals surface area contributed by atoms with Crippen LogP contribution in [-0.2, 0) is 29.2 Å². The van der Waals surface area contributed by atoms with Gasteiger partial charge in [-0.2, -0.15) is 0 Å². The summed E-state index contributed by atoms with van der Waals surface area (Å²) in [7, 11) is 1.55. The maximum Gasteiger partial charge on any atom is 0.303 e. The number of carbonyl (C=O) groups is 2. The zero-order valence-corrected chi connectivity index (χ0v) is 21.1. The summed E-state index contributed by atoms with van der Waals surface area (Å²) in [5.41, 5.74) is 1.96. The van der Waals surface area contributed by atoms with Crippen molar-refractivity contribution in [1.29, 1.82) is 0 Å². The largest absolute Gasteiger partial charge is 0.490 e. The standard InChI is InChI=1S/C26H33ClO7/c1-18(28)33-24(14-27)16-31-22-10-6-20(7-11-22)26(3,4)21-8-12-23(13-9-21)32-17-25(15-30-5)34-19(2)29/h6-13,24-25H,14-17H2,1-5H3. The monoisotopic (exact) mass is 492 g/mol. The molecule has 0 aliphatic heterocycles. The molecule has 0 amide bonds. The maximum absolute atomic E-state index is 11.2. The van der Waals surface area contributed by atoms with Gasteiger partial charge in [0.2, 0.25) is 0 Å². The number of hydrogen-bond donors (Lipinski definition) is 0. The highest BCUT2D eigenvalue weighted by Gasteiger charge is 2.23. The van der Waals surface area contributed by atoms with E-state index in [0.29, 0.717) is 11.5 Å². The lowest BCUT2D eigenvalue weighted by Crippen LogP contribution is -2.28. The Morgan fingerprint density at radius 1 is 0.765 bits per heavy atom. The van der Waals surface area contributed by atoms with Gasteiger partial charge < -0.3 is 23.7 Å². The highest BCUT2D eigenvalue weighted by Crippen LogP contribution is 2.33. The van der Waals surface area contributed by atoms with Crippen LogP contribution in [-0.4, -0.2) is 57.0 Å². The second kappa shape index (κ2) is 13.2. The van der Waals surface area contributed by atoms with Crippen LogP contribution < -0.4 is 9.47 Å². The molecule has 8 heteroatoms. The first-order valence-electron chi connectivity index (χ1n) is 11.0. The third-order valence-electron chi connectivity index (χ3n) is 5.21. The zero-order chi connectivity index (χ0) is 25.1. The third kappa shape index (κ3) is 8.54. The van der Waals surface area contributed by atoms with Gasteiger partial charge in [0.1, 0.15) is 30.8 Å². The van der Waals surface area contributed by atoms with Crippen LogP contribution in [0.5, 0.6) is 11.5 Å². The van der Waals surface area contributed by atoms with E-state index in [0.717, 1.165) is 11.1 Å². The summed E-state index contributed by atoms with van der Waals surface area (Å²) in [6.45, 7) is 7.64. The van der Waals surface area contributed by atoms with E-state index in [2.05, 4.69) is 13.8 Å². The average Bonchev–Trinajstić information content (AvgIpc) is 2.80. The molecular formula is C26H33ClO7. The van der Waals surface area contributed by atoms with Crippen LogP contribution in [0.15, 0.2) is 48.5 Å². The number of benzene rings is 2. The lowest BCUT2D eigenvalue weighted by atomic mass is 9.78. The van der Waals surface area contributed by atoms with Crippen LogP contribution in [0.2, 0.25) is 0 Å². The van der Waals surface area contributed by atoms with Crippen molar-refractivity contribution in [2.75, 3.05) is 32.8 Å². The van der Waals surface area contributed by atoms with Crippen molar-refractivity contribution in [3.8, 4) is 11.5 Å². The van der Waals surface area contributed by atoms with Gasteiger partial charge in [0.05, 0.1) is 12.5 Å². The smallest absolute Gasteiger partial charge is 0.303 e. The van der Waals surface area contributed by atoms with E-state index in [9.17, 15) is 9.59 Å². The molecule has 2 rings (SSSR count). The molecule has 0 aliphatic rings. The average molecular weight is 493 g/mol. The number of alkyl halides is 1. The van der Waals surface area contributed by atoms with Gasteiger partial charge >= 0.3 is 11.9 Å². The van der Waals surface area contributed by atoms with Crippen molar-refractivity contribution in [3.05, 3.63) is 59.7 Å². The molecule has 0 saturated carbocycles. The summed E-state index contributed by atoms with van der Waals surface area (Å²) in [5.74, 6) is 0.757. The number of halogens is 1. The van der Waals surface area contributed by atoms with Crippen molar-refractivity contribution in [3.63, 3.8) is 0 Å². The summed E-state index contributed by atoms with van der Waals surface area (Å²) in [6, 6.07) is 15.6. The molecule has 0 heterocycles. The molecule has 0 spiro atoms. The lowest BCUT2D eigenvalue weighted by molar-refractivity contribution is -0.150. The van der Waals surface area contributed by atoms with Gasteiger partial charge in [0, 0.05) is 26.4 Å². The Labute approximate surface area is 206 Å². The fraction of sp³-hybridized carbons (Fsp3) is 0.462. The lowest BCUT2D eigenvalue weighted by Gasteiger charge is -2.27. The van der Waals surface area contributed by atoms with Crippen molar-refractivity contribution >= 4 is 23.5 Å². The SMILES string of the molecule is COCC(COc1ccc(C(C)(C)c2ccc(OCC(CCl)OC(C)=O)cc2)cc1)OC(C)=O. The Morgan fingerprint density at radius 3 is 1.56 bits per heavy atom. The summed E-state index contributed by atoms with van der Waals surface area (Å²) in [4.78, 5) is 22.3. The quantitative estimate of drug-likeness (QED) is 0.300. The number of rotatable bonds is 13. The van der Waals surface area contributed by atoms with E-state index in [1.165, 1.54) is 13.8 Å². The molecule has 2 atom stereocenters. The van der Waals surface area contributed by atoms with Crippen LogP contribution in [0, 0.1) is 0 Å². The molecule has 0 bridgehead atoms. The first kappa shape index (κ1) is 27.5. The molecule has 2 unspecified atom stereocenters. The summed E-state index contributed by atoms with van der Waals surface area (Å²) < 4.78 is 26.8. The predicted octanol–water partition coefficient (Wildman–Crippen LogP) is 4.52. The first-order valence-corrected chi connectivity index (χ1v) is 11.5. The minimum absolute atomic E-state index is 0.168. The van der Waals surface area contributed by atoms with Crippen LogP contribution in [0.25, 0.3) is 0 Å². The van der Waals surface area contributed by atoms with Gasteiger partial charge in [-0.3, -0.25) is 9.59 Å². The maximum atomic E-state index is 11.2. The normalized spacial score (nSPS) is 13.0. The minimum atomic E-state index is -0.491. The van der Waals surface area contributed by atoms with Gasteiger partial charge in [-0.05, 0) is 35.4 Å². The van der Waals surface area contributed by atoms with Crippen LogP contribution in [0.3, 0.4) is 0 Å². The molecule has 0 saturated heterocycles. The number of hydrogen-bond acceptors (Lipinski definition) is 7. The molecule has 2 aromatic carbocycles. The van der Waals surface area contributed by atoms with Crippen LogP contribution in [0.1, 0.15) is 38.8 Å². The van der Waals surface area contributed by atoms with E-state index in [1.54, 1.807) is 7.11 Å². The van der Waals surface area contributed by atoms with E-state index in [1.807, 2.05) is 48.5 Å². The van der Waals surface area contributed by atoms with Gasteiger partial charge in [0.25, 0.3) is 0 Å². The molecule has 186 valence electrons. The van der Waals surface area contributed by atoms with E-state index >= 15 is 0 Å². The van der Waals surface area contributed by atoms with Crippen molar-refractivity contribution in [2.45, 2.75) is 45.3 Å². The molecule has 0 N–H and O–H groups in total. The Kier molecular flexibility index (Phi) is 10.7. The third-order valence-corrected chi connectivity index (χ3v) is 5.56. The molecule has 0 fully saturated rings. The summed E-state index contributed by atoms with van der Waals surface area (Å²) >= 11 is 5.82. The van der Waals surface area contributed by atoms with Gasteiger partial charge in [0.15, 0.2) is 6.10 Å². The van der Waals surface area contributed by atoms with Crippen molar-refractivity contribution < 1.29 is 33.3 Å². The van der Waals surface area contributed by atoms with Gasteiger partial charge in [-0.15, -0.1) is 11.6 Å². The fourth-order valence-electron chi connectivity index (χ4n) is 3.36. The number of esters is 2. The summed E-state index contributed by atoms with van der Waals surface area (Å²) in [5, 5.41) is 0. The predicted molar refractivity (Wildman–Crippen MR) is 130 cm³/mol. The Balaban J connectivity index is 1.99. The zero-order valence-electron chi connectivity index (χ0n) is 20.3. The van der Waals surface area contributed by atoms with Crippen LogP contribution in [0.4, 0.5) is 0 Å². The fourth-order valence-corrected chi connectivity index (χ4v) is 3.51. The highest BCUT2D eigenvalue weighted by atomic mass is 35.5. The van der Waals surface area contributed by atoms with Gasteiger partial charge in [-0.1, -0.05) is 38.1 Å². The van der Waals surface area contributed by atoms with Crippen LogP contribution >= 0.6 is 11.6 Å². The number of ether oxygens (including phenoxy) is 5. The van der Waals surface area contributed by atoms with Crippen molar-refractivity contribution in [1.82, 2.24) is 0 Å². The Morgan fingerprint density at radius 2 is 1.18 bits per heavy atom. The molecular weight excluding hydrogens is 460 g/mol. The number of carbonyl (C=O) groups excluding carboxylic acids is 2.